The SMILES string of the molecule is CCCCCCCCC(CCCCCCCC)OCCCCCC(=O)N1CCc2c(sc(C)c2C(=O)OCCCN(C)C)C1. The topological polar surface area (TPSA) is 59.1 Å². The van der Waals surface area contributed by atoms with Gasteiger partial charge in [-0.05, 0) is 65.1 Å². The van der Waals surface area contributed by atoms with Gasteiger partial charge < -0.3 is 19.3 Å². The summed E-state index contributed by atoms with van der Waals surface area (Å²) >= 11 is 1.65. The minimum atomic E-state index is -0.207. The normalized spacial score (nSPS) is 13.2. The minimum absolute atomic E-state index is 0.207. The number of esters is 1. The van der Waals surface area contributed by atoms with E-state index in [-0.39, 0.29) is 11.9 Å². The number of carbonyl (C=O) groups is 2. The minimum Gasteiger partial charge on any atom is -0.462 e. The van der Waals surface area contributed by atoms with Crippen LogP contribution >= 0.6 is 11.3 Å². The van der Waals surface area contributed by atoms with Gasteiger partial charge in [0.1, 0.15) is 0 Å². The smallest absolute Gasteiger partial charge is 0.339 e. The van der Waals surface area contributed by atoms with Crippen molar-refractivity contribution in [1.29, 1.82) is 0 Å². The van der Waals surface area contributed by atoms with Gasteiger partial charge in [0.15, 0.2) is 0 Å². The number of nitrogens with zero attached hydrogens (tertiary/aromatic N) is 2. The molecule has 0 aliphatic carbocycles. The lowest BCUT2D eigenvalue weighted by Crippen LogP contribution is -2.35. The highest BCUT2D eigenvalue weighted by Gasteiger charge is 2.28. The standard InChI is InChI=1S/C37H66N2O4S/c1-6-8-10-12-14-17-22-32(23-18-15-13-11-9-7-2)42-28-20-16-19-24-35(40)39-27-25-33-34(30-39)44-31(3)36(33)37(41)43-29-21-26-38(4)5/h32H,6-30H2,1-5H3. The first-order valence-electron chi connectivity index (χ1n) is 18.2. The molecular weight excluding hydrogens is 568 g/mol. The van der Waals surface area contributed by atoms with E-state index in [2.05, 4.69) is 18.7 Å². The Morgan fingerprint density at radius 1 is 0.818 bits per heavy atom. The second kappa shape index (κ2) is 23.8. The molecule has 7 heteroatoms. The molecule has 0 bridgehead atoms. The molecule has 1 aromatic heterocycles. The fourth-order valence-corrected chi connectivity index (χ4v) is 7.44. The molecule has 1 amide bonds. The van der Waals surface area contributed by atoms with Crippen LogP contribution in [0.1, 0.15) is 162 Å². The lowest BCUT2D eigenvalue weighted by molar-refractivity contribution is -0.132. The summed E-state index contributed by atoms with van der Waals surface area (Å²) in [5.74, 6) is 0.0291. The Morgan fingerprint density at radius 2 is 1.43 bits per heavy atom. The molecular formula is C37H66N2O4S. The highest BCUT2D eigenvalue weighted by molar-refractivity contribution is 7.12. The zero-order valence-electron chi connectivity index (χ0n) is 29.2. The number of amides is 1. The molecule has 0 saturated heterocycles. The summed E-state index contributed by atoms with van der Waals surface area (Å²) in [7, 11) is 4.04. The average molecular weight is 635 g/mol. The molecule has 44 heavy (non-hydrogen) atoms. The third kappa shape index (κ3) is 15.7. The quantitative estimate of drug-likeness (QED) is 0.0750. The summed E-state index contributed by atoms with van der Waals surface area (Å²) in [5, 5.41) is 0. The molecule has 1 aliphatic rings. The van der Waals surface area contributed by atoms with E-state index in [1.54, 1.807) is 11.3 Å². The van der Waals surface area contributed by atoms with Gasteiger partial charge >= 0.3 is 5.97 Å². The maximum atomic E-state index is 13.0. The molecule has 1 aliphatic heterocycles. The first kappa shape index (κ1) is 38.7. The molecule has 0 saturated carbocycles. The largest absolute Gasteiger partial charge is 0.462 e. The zero-order chi connectivity index (χ0) is 32.0. The van der Waals surface area contributed by atoms with Gasteiger partial charge in [0.05, 0.1) is 24.8 Å². The maximum absolute atomic E-state index is 13.0. The van der Waals surface area contributed by atoms with Crippen LogP contribution < -0.4 is 0 Å². The molecule has 0 aromatic carbocycles. The number of thiophene rings is 1. The van der Waals surface area contributed by atoms with Crippen molar-refractivity contribution >= 4 is 23.2 Å². The molecule has 254 valence electrons. The van der Waals surface area contributed by atoms with Crippen molar-refractivity contribution in [2.75, 3.05) is 40.4 Å². The summed E-state index contributed by atoms with van der Waals surface area (Å²) in [6.07, 6.45) is 24.0. The van der Waals surface area contributed by atoms with Crippen LogP contribution in [0.15, 0.2) is 0 Å². The van der Waals surface area contributed by atoms with Crippen LogP contribution in [0.5, 0.6) is 0 Å². The van der Waals surface area contributed by atoms with Gasteiger partial charge in [-0.2, -0.15) is 0 Å². The van der Waals surface area contributed by atoms with Crippen LogP contribution in [0.2, 0.25) is 0 Å². The van der Waals surface area contributed by atoms with Gasteiger partial charge in [0.2, 0.25) is 5.91 Å². The molecule has 2 rings (SSSR count). The number of carbonyl (C=O) groups excluding carboxylic acids is 2. The van der Waals surface area contributed by atoms with Gasteiger partial charge in [-0.15, -0.1) is 11.3 Å². The lowest BCUT2D eigenvalue weighted by atomic mass is 10.0. The molecule has 6 nitrogen and oxygen atoms in total. The highest BCUT2D eigenvalue weighted by atomic mass is 32.1. The van der Waals surface area contributed by atoms with Gasteiger partial charge in [0, 0.05) is 35.9 Å². The molecule has 2 heterocycles. The number of aryl methyl sites for hydroxylation is 1. The molecule has 0 atom stereocenters. The van der Waals surface area contributed by atoms with Gasteiger partial charge in [0.25, 0.3) is 0 Å². The molecule has 0 N–H and O–H groups in total. The number of rotatable bonds is 26. The fourth-order valence-electron chi connectivity index (χ4n) is 6.22. The zero-order valence-corrected chi connectivity index (χ0v) is 30.0. The van der Waals surface area contributed by atoms with Crippen LogP contribution in [0.25, 0.3) is 0 Å². The van der Waals surface area contributed by atoms with Crippen molar-refractivity contribution < 1.29 is 19.1 Å². The van der Waals surface area contributed by atoms with Crippen LogP contribution in [0.3, 0.4) is 0 Å². The van der Waals surface area contributed by atoms with Gasteiger partial charge in [-0.1, -0.05) is 97.3 Å². The van der Waals surface area contributed by atoms with E-state index < -0.39 is 0 Å². The number of hydrogen-bond acceptors (Lipinski definition) is 6. The molecule has 0 spiro atoms. The monoisotopic (exact) mass is 634 g/mol. The Hall–Kier alpha value is -1.44. The summed E-state index contributed by atoms with van der Waals surface area (Å²) in [6.45, 7) is 10.0. The summed E-state index contributed by atoms with van der Waals surface area (Å²) in [4.78, 5) is 32.1. The van der Waals surface area contributed by atoms with Crippen molar-refractivity contribution in [3.63, 3.8) is 0 Å². The van der Waals surface area contributed by atoms with E-state index in [0.717, 1.165) is 66.1 Å². The van der Waals surface area contributed by atoms with Crippen molar-refractivity contribution in [3.8, 4) is 0 Å². The van der Waals surface area contributed by atoms with E-state index >= 15 is 0 Å². The third-order valence-electron chi connectivity index (χ3n) is 8.92. The van der Waals surface area contributed by atoms with Crippen LogP contribution in [0.4, 0.5) is 0 Å². The van der Waals surface area contributed by atoms with Crippen molar-refractivity contribution in [2.45, 2.75) is 162 Å². The molecule has 1 aromatic rings. The predicted octanol–water partition coefficient (Wildman–Crippen LogP) is 9.50. The highest BCUT2D eigenvalue weighted by Crippen LogP contribution is 2.33. The number of fused-ring (bicyclic) bond motifs is 1. The Bertz CT molecular complexity index is 900. The second-order valence-electron chi connectivity index (χ2n) is 13.2. The van der Waals surface area contributed by atoms with Crippen molar-refractivity contribution in [1.82, 2.24) is 9.80 Å². The summed E-state index contributed by atoms with van der Waals surface area (Å²) in [6, 6.07) is 0. The maximum Gasteiger partial charge on any atom is 0.339 e. The van der Waals surface area contributed by atoms with Crippen LogP contribution in [-0.4, -0.2) is 68.2 Å². The number of hydrogen-bond donors (Lipinski definition) is 0. The van der Waals surface area contributed by atoms with Crippen LogP contribution in [0, 0.1) is 6.92 Å². The van der Waals surface area contributed by atoms with E-state index in [9.17, 15) is 9.59 Å². The Kier molecular flexibility index (Phi) is 21.0. The van der Waals surface area contributed by atoms with E-state index in [1.165, 1.54) is 89.9 Å². The van der Waals surface area contributed by atoms with Crippen molar-refractivity contribution in [3.05, 3.63) is 20.9 Å². The Morgan fingerprint density at radius 3 is 2.07 bits per heavy atom. The average Bonchev–Trinajstić information content (AvgIpc) is 3.34. The van der Waals surface area contributed by atoms with E-state index in [1.807, 2.05) is 25.9 Å². The predicted molar refractivity (Wildman–Crippen MR) is 186 cm³/mol. The van der Waals surface area contributed by atoms with Gasteiger partial charge in [-0.25, -0.2) is 4.79 Å². The Labute approximate surface area is 274 Å². The van der Waals surface area contributed by atoms with E-state index in [0.29, 0.717) is 32.2 Å². The lowest BCUT2D eigenvalue weighted by Gasteiger charge is -2.27. The molecule has 0 unspecified atom stereocenters. The van der Waals surface area contributed by atoms with Crippen molar-refractivity contribution in [2.24, 2.45) is 0 Å². The second-order valence-corrected chi connectivity index (χ2v) is 14.5. The number of unbranched alkanes of at least 4 members (excludes halogenated alkanes) is 12. The molecule has 0 radical (unpaired) electrons. The fraction of sp³-hybridized carbons (Fsp3) is 0.838. The van der Waals surface area contributed by atoms with Crippen LogP contribution in [-0.2, 0) is 27.2 Å². The summed E-state index contributed by atoms with van der Waals surface area (Å²) in [5.41, 5.74) is 1.84. The third-order valence-corrected chi connectivity index (χ3v) is 10.1. The van der Waals surface area contributed by atoms with Gasteiger partial charge in [-0.3, -0.25) is 4.79 Å². The summed E-state index contributed by atoms with van der Waals surface area (Å²) < 4.78 is 12.0. The molecule has 0 fully saturated rings. The first-order chi connectivity index (χ1) is 21.4. The first-order valence-corrected chi connectivity index (χ1v) is 19.0. The number of ether oxygens (including phenoxy) is 2. The van der Waals surface area contributed by atoms with E-state index in [4.69, 9.17) is 9.47 Å². The Balaban J connectivity index is 1.68.